The predicted molar refractivity (Wildman–Crippen MR) is 74.7 cm³/mol. The van der Waals surface area contributed by atoms with Crippen molar-refractivity contribution in [2.75, 3.05) is 0 Å². The highest BCUT2D eigenvalue weighted by Gasteiger charge is 2.09. The van der Waals surface area contributed by atoms with Gasteiger partial charge in [0.25, 0.3) is 0 Å². The second-order valence-electron chi connectivity index (χ2n) is 3.55. The Morgan fingerprint density at radius 3 is 2.63 bits per heavy atom. The van der Waals surface area contributed by atoms with Crippen molar-refractivity contribution in [3.63, 3.8) is 0 Å². The molecule has 0 atom stereocenters. The zero-order valence-corrected chi connectivity index (χ0v) is 11.4. The molecule has 3 rings (SSSR count). The lowest BCUT2D eigenvalue weighted by atomic mass is 10.1. The zero-order chi connectivity index (χ0) is 13.8. The monoisotopic (exact) mass is 277 g/mol. The molecule has 0 spiro atoms. The predicted octanol–water partition coefficient (Wildman–Crippen LogP) is 4.22. The van der Waals surface area contributed by atoms with Crippen LogP contribution >= 0.6 is 11.6 Å². The van der Waals surface area contributed by atoms with Crippen molar-refractivity contribution in [3.05, 3.63) is 53.6 Å². The third kappa shape index (κ3) is 2.58. The third-order valence-electron chi connectivity index (χ3n) is 2.47. The highest BCUT2D eigenvalue weighted by atomic mass is 35.5. The van der Waals surface area contributed by atoms with Gasteiger partial charge in [0.15, 0.2) is 5.65 Å². The molecule has 1 aromatic carbocycles. The normalized spacial score (nSPS) is 10.1. The Bertz CT molecular complexity index is 694. The maximum atomic E-state index is 13.6. The summed E-state index contributed by atoms with van der Waals surface area (Å²) in [5.74, 6) is -0.320. The van der Waals surface area contributed by atoms with Crippen molar-refractivity contribution in [1.82, 2.24) is 14.6 Å². The summed E-state index contributed by atoms with van der Waals surface area (Å²) < 4.78 is 15.1. The Morgan fingerprint density at radius 1 is 1.16 bits per heavy atom. The summed E-state index contributed by atoms with van der Waals surface area (Å²) in [6.07, 6.45) is 1.60. The summed E-state index contributed by atoms with van der Waals surface area (Å²) >= 11 is 6.04. The molecule has 3 aromatic rings. The van der Waals surface area contributed by atoms with Gasteiger partial charge in [0.05, 0.1) is 11.9 Å². The van der Waals surface area contributed by atoms with E-state index in [0.29, 0.717) is 22.1 Å². The Labute approximate surface area is 115 Å². The van der Waals surface area contributed by atoms with Crippen LogP contribution in [0.25, 0.3) is 16.9 Å². The summed E-state index contributed by atoms with van der Waals surface area (Å²) in [4.78, 5) is 4.30. The van der Waals surface area contributed by atoms with Gasteiger partial charge in [0.1, 0.15) is 11.0 Å². The Balaban J connectivity index is 0.000000637. The van der Waals surface area contributed by atoms with Crippen molar-refractivity contribution < 1.29 is 4.39 Å². The van der Waals surface area contributed by atoms with Crippen molar-refractivity contribution in [2.45, 2.75) is 13.8 Å². The molecule has 0 unspecified atom stereocenters. The van der Waals surface area contributed by atoms with Crippen molar-refractivity contribution >= 4 is 17.2 Å². The molecule has 0 radical (unpaired) electrons. The first kappa shape index (κ1) is 13.5. The number of hydrogen-bond donors (Lipinski definition) is 0. The molecule has 0 aliphatic rings. The lowest BCUT2D eigenvalue weighted by molar-refractivity contribution is 0.630. The van der Waals surface area contributed by atoms with E-state index in [0.717, 1.165) is 0 Å². The van der Waals surface area contributed by atoms with Crippen LogP contribution in [0, 0.1) is 5.82 Å². The Kier molecular flexibility index (Phi) is 4.12. The standard InChI is InChI=1S/C12H7ClFN3.C2H6/c13-11-7-10(8-3-1-2-4-9(8)14)16-12-5-6-15-17(11)12;1-2/h1-7H;1-2H3. The maximum absolute atomic E-state index is 13.6. The van der Waals surface area contributed by atoms with E-state index in [-0.39, 0.29) is 5.82 Å². The maximum Gasteiger partial charge on any atom is 0.157 e. The van der Waals surface area contributed by atoms with Gasteiger partial charge < -0.3 is 0 Å². The fourth-order valence-electron chi connectivity index (χ4n) is 1.68. The fourth-order valence-corrected chi connectivity index (χ4v) is 1.92. The van der Waals surface area contributed by atoms with E-state index in [9.17, 15) is 4.39 Å². The second kappa shape index (κ2) is 5.80. The summed E-state index contributed by atoms with van der Waals surface area (Å²) in [7, 11) is 0. The van der Waals surface area contributed by atoms with Crippen molar-refractivity contribution in [1.29, 1.82) is 0 Å². The van der Waals surface area contributed by atoms with E-state index in [1.165, 1.54) is 10.6 Å². The van der Waals surface area contributed by atoms with Gasteiger partial charge in [0.2, 0.25) is 0 Å². The van der Waals surface area contributed by atoms with Crippen LogP contribution in [0.2, 0.25) is 5.15 Å². The summed E-state index contributed by atoms with van der Waals surface area (Å²) in [5.41, 5.74) is 1.52. The average Bonchev–Trinajstić information content (AvgIpc) is 2.90. The molecule has 98 valence electrons. The third-order valence-corrected chi connectivity index (χ3v) is 2.73. The van der Waals surface area contributed by atoms with Crippen LogP contribution in [-0.2, 0) is 0 Å². The Morgan fingerprint density at radius 2 is 1.89 bits per heavy atom. The molecule has 0 N–H and O–H groups in total. The molecule has 0 aliphatic carbocycles. The minimum absolute atomic E-state index is 0.320. The van der Waals surface area contributed by atoms with Crippen LogP contribution in [0.15, 0.2) is 42.6 Å². The van der Waals surface area contributed by atoms with E-state index >= 15 is 0 Å². The molecule has 0 bridgehead atoms. The molecule has 19 heavy (non-hydrogen) atoms. The molecule has 0 aliphatic heterocycles. The number of hydrogen-bond acceptors (Lipinski definition) is 2. The number of benzene rings is 1. The summed E-state index contributed by atoms with van der Waals surface area (Å²) in [5, 5.41) is 4.41. The van der Waals surface area contributed by atoms with Crippen LogP contribution in [0.3, 0.4) is 0 Å². The van der Waals surface area contributed by atoms with E-state index in [1.54, 1.807) is 36.5 Å². The van der Waals surface area contributed by atoms with Crippen LogP contribution in [0.5, 0.6) is 0 Å². The van der Waals surface area contributed by atoms with Gasteiger partial charge in [-0.15, -0.1) is 0 Å². The van der Waals surface area contributed by atoms with Crippen LogP contribution in [-0.4, -0.2) is 14.6 Å². The van der Waals surface area contributed by atoms with E-state index in [2.05, 4.69) is 10.1 Å². The van der Waals surface area contributed by atoms with Crippen LogP contribution in [0.4, 0.5) is 4.39 Å². The molecule has 0 saturated heterocycles. The van der Waals surface area contributed by atoms with E-state index in [4.69, 9.17) is 11.6 Å². The smallest absolute Gasteiger partial charge is 0.157 e. The van der Waals surface area contributed by atoms with E-state index < -0.39 is 0 Å². The zero-order valence-electron chi connectivity index (χ0n) is 10.6. The molecule has 3 nitrogen and oxygen atoms in total. The quantitative estimate of drug-likeness (QED) is 0.624. The number of aromatic nitrogens is 3. The Hall–Kier alpha value is -1.94. The number of nitrogens with zero attached hydrogens (tertiary/aromatic N) is 3. The highest BCUT2D eigenvalue weighted by Crippen LogP contribution is 2.24. The number of halogens is 2. The fraction of sp³-hybridized carbons (Fsp3) is 0.143. The molecular formula is C14H13ClFN3. The largest absolute Gasteiger partial charge is 0.228 e. The first-order valence-corrected chi connectivity index (χ1v) is 6.39. The van der Waals surface area contributed by atoms with Gasteiger partial charge >= 0.3 is 0 Å². The summed E-state index contributed by atoms with van der Waals surface area (Å²) in [6, 6.07) is 9.77. The van der Waals surface area contributed by atoms with Crippen LogP contribution in [0.1, 0.15) is 13.8 Å². The topological polar surface area (TPSA) is 30.2 Å². The lowest BCUT2D eigenvalue weighted by Gasteiger charge is -2.04. The first-order valence-electron chi connectivity index (χ1n) is 6.01. The van der Waals surface area contributed by atoms with Gasteiger partial charge in [-0.05, 0) is 12.1 Å². The van der Waals surface area contributed by atoms with Crippen molar-refractivity contribution in [3.8, 4) is 11.3 Å². The summed E-state index contributed by atoms with van der Waals surface area (Å²) in [6.45, 7) is 4.00. The van der Waals surface area contributed by atoms with E-state index in [1.807, 2.05) is 13.8 Å². The van der Waals surface area contributed by atoms with Gasteiger partial charge in [0, 0.05) is 17.7 Å². The minimum Gasteiger partial charge on any atom is -0.228 e. The second-order valence-corrected chi connectivity index (χ2v) is 3.93. The van der Waals surface area contributed by atoms with Crippen molar-refractivity contribution in [2.24, 2.45) is 0 Å². The molecule has 0 amide bonds. The lowest BCUT2D eigenvalue weighted by Crippen LogP contribution is -1.95. The van der Waals surface area contributed by atoms with Gasteiger partial charge in [-0.1, -0.05) is 37.6 Å². The number of fused-ring (bicyclic) bond motifs is 1. The molecule has 2 heterocycles. The first-order chi connectivity index (χ1) is 9.25. The van der Waals surface area contributed by atoms with Gasteiger partial charge in [-0.25, -0.2) is 13.9 Å². The van der Waals surface area contributed by atoms with Gasteiger partial charge in [-0.2, -0.15) is 5.10 Å². The SMILES string of the molecule is CC.Fc1ccccc1-c1cc(Cl)n2nccc2n1. The van der Waals surface area contributed by atoms with Gasteiger partial charge in [-0.3, -0.25) is 0 Å². The molecule has 0 fully saturated rings. The minimum atomic E-state index is -0.320. The molecular weight excluding hydrogens is 265 g/mol. The molecule has 0 saturated carbocycles. The highest BCUT2D eigenvalue weighted by molar-refractivity contribution is 6.30. The molecule has 5 heteroatoms. The molecule has 2 aromatic heterocycles. The number of rotatable bonds is 1. The van der Waals surface area contributed by atoms with Crippen LogP contribution < -0.4 is 0 Å². The average molecular weight is 278 g/mol.